The van der Waals surface area contributed by atoms with Crippen LogP contribution in [0.15, 0.2) is 0 Å². The van der Waals surface area contributed by atoms with Crippen LogP contribution in [0.4, 0.5) is 0 Å². The average Bonchev–Trinajstić information content (AvgIpc) is 2.00. The lowest BCUT2D eigenvalue weighted by atomic mass is 10.1. The Morgan fingerprint density at radius 2 is 2.00 bits per heavy atom. The van der Waals surface area contributed by atoms with Gasteiger partial charge in [-0.2, -0.15) is 0 Å². The van der Waals surface area contributed by atoms with E-state index in [1.165, 1.54) is 6.92 Å². The van der Waals surface area contributed by atoms with E-state index in [1.807, 2.05) is 13.8 Å². The molecule has 0 aromatic carbocycles. The molecular weight excluding hydrogens is 184 g/mol. The Balaban J connectivity index is 3.92. The Labute approximate surface area is 84.3 Å². The Kier molecular flexibility index (Phi) is 6.12. The number of esters is 1. The predicted octanol–water partition coefficient (Wildman–Crippen LogP) is 0.914. The van der Waals surface area contributed by atoms with Gasteiger partial charge in [0.2, 0.25) is 0 Å². The standard InChI is InChI=1S/C10H18O4/c1-7(2)4-9(6-11)14-10(13)5-8(3)12/h6-9,12H,4-5H2,1-3H3/t8-,9+/m1/s1. The highest BCUT2D eigenvalue weighted by molar-refractivity contribution is 5.72. The Hall–Kier alpha value is -0.900. The maximum Gasteiger partial charge on any atom is 0.309 e. The fourth-order valence-corrected chi connectivity index (χ4v) is 1.05. The van der Waals surface area contributed by atoms with E-state index in [2.05, 4.69) is 0 Å². The van der Waals surface area contributed by atoms with Gasteiger partial charge in [-0.3, -0.25) is 9.59 Å². The summed E-state index contributed by atoms with van der Waals surface area (Å²) in [5.74, 6) is -0.234. The van der Waals surface area contributed by atoms with Crippen molar-refractivity contribution in [3.8, 4) is 0 Å². The van der Waals surface area contributed by atoms with Crippen LogP contribution in [0.25, 0.3) is 0 Å². The Morgan fingerprint density at radius 3 is 2.36 bits per heavy atom. The summed E-state index contributed by atoms with van der Waals surface area (Å²) in [6.07, 6.45) is -0.327. The molecule has 0 fully saturated rings. The molecule has 0 aliphatic carbocycles. The molecule has 0 radical (unpaired) electrons. The molecule has 82 valence electrons. The van der Waals surface area contributed by atoms with Gasteiger partial charge in [-0.25, -0.2) is 0 Å². The molecule has 14 heavy (non-hydrogen) atoms. The van der Waals surface area contributed by atoms with Crippen LogP contribution in [0.3, 0.4) is 0 Å². The number of aliphatic hydroxyl groups excluding tert-OH is 1. The first kappa shape index (κ1) is 13.1. The normalized spacial score (nSPS) is 14.9. The van der Waals surface area contributed by atoms with Crippen molar-refractivity contribution in [1.29, 1.82) is 0 Å². The SMILES string of the molecule is CC(C)C[C@@H](C=O)OC(=O)C[C@@H](C)O. The minimum absolute atomic E-state index is 0.0670. The molecule has 0 aromatic heterocycles. The van der Waals surface area contributed by atoms with Gasteiger partial charge in [0.05, 0.1) is 12.5 Å². The van der Waals surface area contributed by atoms with Gasteiger partial charge >= 0.3 is 5.97 Å². The number of carbonyl (C=O) groups excluding carboxylic acids is 2. The van der Waals surface area contributed by atoms with Crippen molar-refractivity contribution < 1.29 is 19.4 Å². The molecule has 0 heterocycles. The lowest BCUT2D eigenvalue weighted by Gasteiger charge is -2.14. The van der Waals surface area contributed by atoms with E-state index in [-0.39, 0.29) is 6.42 Å². The fraction of sp³-hybridized carbons (Fsp3) is 0.800. The largest absolute Gasteiger partial charge is 0.455 e. The van der Waals surface area contributed by atoms with Crippen molar-refractivity contribution in [3.05, 3.63) is 0 Å². The molecule has 4 heteroatoms. The van der Waals surface area contributed by atoms with Crippen LogP contribution >= 0.6 is 0 Å². The number of hydrogen-bond acceptors (Lipinski definition) is 4. The molecule has 2 atom stereocenters. The maximum absolute atomic E-state index is 11.1. The van der Waals surface area contributed by atoms with Gasteiger partial charge in [0.15, 0.2) is 12.4 Å². The molecule has 1 N–H and O–H groups in total. The summed E-state index contributed by atoms with van der Waals surface area (Å²) in [6.45, 7) is 5.39. The van der Waals surface area contributed by atoms with Crippen LogP contribution < -0.4 is 0 Å². The summed E-state index contributed by atoms with van der Waals surface area (Å²) in [7, 11) is 0. The highest BCUT2D eigenvalue weighted by atomic mass is 16.5. The average molecular weight is 202 g/mol. The van der Waals surface area contributed by atoms with E-state index in [4.69, 9.17) is 9.84 Å². The van der Waals surface area contributed by atoms with Gasteiger partial charge in [0, 0.05) is 0 Å². The van der Waals surface area contributed by atoms with Gasteiger partial charge in [-0.05, 0) is 19.3 Å². The zero-order valence-corrected chi connectivity index (χ0v) is 8.90. The molecule has 0 aromatic rings. The van der Waals surface area contributed by atoms with Crippen LogP contribution in [0, 0.1) is 5.92 Å². The number of ether oxygens (including phenoxy) is 1. The third-order valence-electron chi connectivity index (χ3n) is 1.60. The molecule has 0 unspecified atom stereocenters. The summed E-state index contributed by atoms with van der Waals surface area (Å²) in [5.41, 5.74) is 0. The van der Waals surface area contributed by atoms with Crippen molar-refractivity contribution in [2.75, 3.05) is 0 Å². The van der Waals surface area contributed by atoms with E-state index in [1.54, 1.807) is 0 Å². The van der Waals surface area contributed by atoms with E-state index < -0.39 is 18.2 Å². The van der Waals surface area contributed by atoms with Crippen molar-refractivity contribution in [1.82, 2.24) is 0 Å². The van der Waals surface area contributed by atoms with Crippen molar-refractivity contribution in [2.24, 2.45) is 5.92 Å². The predicted molar refractivity (Wildman–Crippen MR) is 51.7 cm³/mol. The lowest BCUT2D eigenvalue weighted by molar-refractivity contribution is -0.154. The monoisotopic (exact) mass is 202 g/mol. The summed E-state index contributed by atoms with van der Waals surface area (Å²) in [6, 6.07) is 0. The molecule has 0 amide bonds. The van der Waals surface area contributed by atoms with Crippen LogP contribution in [0.5, 0.6) is 0 Å². The summed E-state index contributed by atoms with van der Waals surface area (Å²) in [5, 5.41) is 8.90. The number of rotatable bonds is 6. The van der Waals surface area contributed by atoms with Gasteiger partial charge in [-0.1, -0.05) is 13.8 Å². The third kappa shape index (κ3) is 6.60. The second-order valence-corrected chi connectivity index (χ2v) is 3.85. The van der Waals surface area contributed by atoms with Gasteiger partial charge < -0.3 is 9.84 Å². The minimum Gasteiger partial charge on any atom is -0.455 e. The lowest BCUT2D eigenvalue weighted by Crippen LogP contribution is -2.23. The van der Waals surface area contributed by atoms with Crippen molar-refractivity contribution >= 4 is 12.3 Å². The minimum atomic E-state index is -0.728. The highest BCUT2D eigenvalue weighted by Crippen LogP contribution is 2.07. The first-order valence-corrected chi connectivity index (χ1v) is 4.78. The van der Waals surface area contributed by atoms with Crippen LogP contribution in [-0.4, -0.2) is 29.6 Å². The molecule has 0 rings (SSSR count). The Bertz CT molecular complexity index is 187. The van der Waals surface area contributed by atoms with Crippen molar-refractivity contribution in [2.45, 2.75) is 45.8 Å². The molecular formula is C10H18O4. The summed E-state index contributed by atoms with van der Waals surface area (Å²) >= 11 is 0. The van der Waals surface area contributed by atoms with E-state index in [0.29, 0.717) is 18.6 Å². The molecule has 0 aliphatic heterocycles. The van der Waals surface area contributed by atoms with Gasteiger partial charge in [0.25, 0.3) is 0 Å². The quantitative estimate of drug-likeness (QED) is 0.513. The van der Waals surface area contributed by atoms with Crippen molar-refractivity contribution in [3.63, 3.8) is 0 Å². The van der Waals surface area contributed by atoms with Crippen LogP contribution in [0.1, 0.15) is 33.6 Å². The third-order valence-corrected chi connectivity index (χ3v) is 1.60. The maximum atomic E-state index is 11.1. The van der Waals surface area contributed by atoms with E-state index >= 15 is 0 Å². The first-order chi connectivity index (χ1) is 6.45. The zero-order valence-electron chi connectivity index (χ0n) is 8.90. The second-order valence-electron chi connectivity index (χ2n) is 3.85. The van der Waals surface area contributed by atoms with Crippen LogP contribution in [-0.2, 0) is 14.3 Å². The molecule has 0 saturated heterocycles. The molecule has 0 saturated carbocycles. The number of aldehydes is 1. The topological polar surface area (TPSA) is 63.6 Å². The second kappa shape index (κ2) is 6.54. The summed E-state index contributed by atoms with van der Waals surface area (Å²) in [4.78, 5) is 21.6. The molecule has 4 nitrogen and oxygen atoms in total. The summed E-state index contributed by atoms with van der Waals surface area (Å²) < 4.78 is 4.85. The first-order valence-electron chi connectivity index (χ1n) is 4.78. The molecule has 0 bridgehead atoms. The number of carbonyl (C=O) groups is 2. The number of hydrogen-bond donors (Lipinski definition) is 1. The van der Waals surface area contributed by atoms with Gasteiger partial charge in [-0.15, -0.1) is 0 Å². The Morgan fingerprint density at radius 1 is 1.43 bits per heavy atom. The van der Waals surface area contributed by atoms with Crippen LogP contribution in [0.2, 0.25) is 0 Å². The zero-order chi connectivity index (χ0) is 11.1. The molecule has 0 spiro atoms. The smallest absolute Gasteiger partial charge is 0.309 e. The molecule has 0 aliphatic rings. The van der Waals surface area contributed by atoms with E-state index in [9.17, 15) is 9.59 Å². The number of aliphatic hydroxyl groups is 1. The van der Waals surface area contributed by atoms with E-state index in [0.717, 1.165) is 0 Å². The fourth-order valence-electron chi connectivity index (χ4n) is 1.05. The highest BCUT2D eigenvalue weighted by Gasteiger charge is 2.16. The van der Waals surface area contributed by atoms with Gasteiger partial charge in [0.1, 0.15) is 0 Å².